The van der Waals surface area contributed by atoms with Crippen molar-refractivity contribution >= 4 is 0 Å². The van der Waals surface area contributed by atoms with Crippen LogP contribution in [0.15, 0.2) is 0 Å². The molecule has 0 aliphatic heterocycles. The van der Waals surface area contributed by atoms with Crippen LogP contribution in [-0.4, -0.2) is 12.1 Å². The molecule has 0 aromatic heterocycles. The van der Waals surface area contributed by atoms with E-state index in [1.165, 1.54) is 38.6 Å². The van der Waals surface area contributed by atoms with Gasteiger partial charge in [0.15, 0.2) is 0 Å². The van der Waals surface area contributed by atoms with Crippen molar-refractivity contribution in [3.05, 3.63) is 0 Å². The molecule has 18 heavy (non-hydrogen) atoms. The van der Waals surface area contributed by atoms with Crippen molar-refractivity contribution in [3.8, 4) is 0 Å². The molecule has 1 N–H and O–H groups in total. The molecule has 0 saturated heterocycles. The molecule has 0 aromatic rings. The first-order valence-electron chi connectivity index (χ1n) is 8.10. The zero-order chi connectivity index (χ0) is 13.3. The summed E-state index contributed by atoms with van der Waals surface area (Å²) in [5.74, 6) is 4.96. The van der Waals surface area contributed by atoms with E-state index in [-0.39, 0.29) is 5.54 Å². The minimum Gasteiger partial charge on any atom is -0.312 e. The summed E-state index contributed by atoms with van der Waals surface area (Å²) in [6, 6.07) is 0. The molecular formula is C17H33N. The lowest BCUT2D eigenvalue weighted by Gasteiger charge is -2.47. The summed E-state index contributed by atoms with van der Waals surface area (Å²) in [4.78, 5) is 0. The van der Waals surface area contributed by atoms with Crippen molar-refractivity contribution in [2.75, 3.05) is 6.54 Å². The van der Waals surface area contributed by atoms with Crippen LogP contribution in [0.5, 0.6) is 0 Å². The van der Waals surface area contributed by atoms with E-state index in [2.05, 4.69) is 39.9 Å². The standard InChI is InChI=1S/C17H33N/c1-12-8-13(2)10-15(9-12)16-7-6-14(16)11-18-17(3,4)5/h12-16,18H,6-11H2,1-5H3. The molecule has 0 amide bonds. The molecule has 1 heteroatoms. The van der Waals surface area contributed by atoms with E-state index in [0.717, 1.165) is 29.6 Å². The van der Waals surface area contributed by atoms with Gasteiger partial charge >= 0.3 is 0 Å². The Morgan fingerprint density at radius 1 is 0.944 bits per heavy atom. The van der Waals surface area contributed by atoms with E-state index in [9.17, 15) is 0 Å². The van der Waals surface area contributed by atoms with Crippen LogP contribution in [0.3, 0.4) is 0 Å². The van der Waals surface area contributed by atoms with E-state index in [1.54, 1.807) is 0 Å². The lowest BCUT2D eigenvalue weighted by Crippen LogP contribution is -2.46. The van der Waals surface area contributed by atoms with Gasteiger partial charge < -0.3 is 5.32 Å². The van der Waals surface area contributed by atoms with Crippen LogP contribution >= 0.6 is 0 Å². The lowest BCUT2D eigenvalue weighted by atomic mass is 9.60. The van der Waals surface area contributed by atoms with Gasteiger partial charge in [-0.1, -0.05) is 13.8 Å². The Kier molecular flexibility index (Phi) is 4.41. The highest BCUT2D eigenvalue weighted by Crippen LogP contribution is 2.47. The normalized spacial score (nSPS) is 41.5. The Labute approximate surface area is 114 Å². The fourth-order valence-electron chi connectivity index (χ4n) is 4.26. The van der Waals surface area contributed by atoms with Gasteiger partial charge in [-0.3, -0.25) is 0 Å². The maximum absolute atomic E-state index is 3.72. The van der Waals surface area contributed by atoms with E-state index < -0.39 is 0 Å². The minimum atomic E-state index is 0.285. The van der Waals surface area contributed by atoms with Gasteiger partial charge in [-0.2, -0.15) is 0 Å². The lowest BCUT2D eigenvalue weighted by molar-refractivity contribution is 0.0465. The highest BCUT2D eigenvalue weighted by molar-refractivity contribution is 4.91. The Bertz CT molecular complexity index is 255. The molecule has 2 fully saturated rings. The summed E-state index contributed by atoms with van der Waals surface area (Å²) in [6.07, 6.45) is 7.43. The Balaban J connectivity index is 1.82. The van der Waals surface area contributed by atoms with Gasteiger partial charge in [-0.15, -0.1) is 0 Å². The summed E-state index contributed by atoms with van der Waals surface area (Å²) in [5, 5.41) is 3.72. The molecule has 2 saturated carbocycles. The zero-order valence-electron chi connectivity index (χ0n) is 13.1. The van der Waals surface area contributed by atoms with Crippen LogP contribution in [0.4, 0.5) is 0 Å². The summed E-state index contributed by atoms with van der Waals surface area (Å²) in [6.45, 7) is 13.0. The van der Waals surface area contributed by atoms with E-state index in [1.807, 2.05) is 0 Å². The zero-order valence-corrected chi connectivity index (χ0v) is 13.1. The molecule has 106 valence electrons. The van der Waals surface area contributed by atoms with Crippen molar-refractivity contribution in [2.24, 2.45) is 29.6 Å². The van der Waals surface area contributed by atoms with Crippen LogP contribution in [-0.2, 0) is 0 Å². The van der Waals surface area contributed by atoms with Crippen molar-refractivity contribution < 1.29 is 0 Å². The quantitative estimate of drug-likeness (QED) is 0.780. The number of hydrogen-bond acceptors (Lipinski definition) is 1. The van der Waals surface area contributed by atoms with Crippen molar-refractivity contribution in [3.63, 3.8) is 0 Å². The highest BCUT2D eigenvalue weighted by atomic mass is 14.9. The molecule has 2 rings (SSSR count). The maximum Gasteiger partial charge on any atom is 0.00966 e. The third kappa shape index (κ3) is 3.73. The summed E-state index contributed by atoms with van der Waals surface area (Å²) >= 11 is 0. The first-order chi connectivity index (χ1) is 8.35. The topological polar surface area (TPSA) is 12.0 Å². The smallest absolute Gasteiger partial charge is 0.00966 e. The second kappa shape index (κ2) is 5.53. The predicted molar refractivity (Wildman–Crippen MR) is 79.6 cm³/mol. The minimum absolute atomic E-state index is 0.285. The molecule has 0 aromatic carbocycles. The van der Waals surface area contributed by atoms with E-state index in [4.69, 9.17) is 0 Å². The molecule has 0 radical (unpaired) electrons. The van der Waals surface area contributed by atoms with Gasteiger partial charge in [0.05, 0.1) is 0 Å². The SMILES string of the molecule is CC1CC(C)CC(C2CCC2CNC(C)(C)C)C1. The first kappa shape index (κ1) is 14.4. The fourth-order valence-corrected chi connectivity index (χ4v) is 4.26. The Morgan fingerprint density at radius 2 is 1.56 bits per heavy atom. The average Bonchev–Trinajstić information content (AvgIpc) is 2.11. The van der Waals surface area contributed by atoms with Crippen LogP contribution in [0.1, 0.15) is 66.7 Å². The monoisotopic (exact) mass is 251 g/mol. The number of hydrogen-bond donors (Lipinski definition) is 1. The molecule has 0 heterocycles. The molecule has 4 atom stereocenters. The fraction of sp³-hybridized carbons (Fsp3) is 1.00. The van der Waals surface area contributed by atoms with Crippen molar-refractivity contribution in [2.45, 2.75) is 72.3 Å². The van der Waals surface area contributed by atoms with Gasteiger partial charge in [0, 0.05) is 5.54 Å². The molecule has 2 aliphatic carbocycles. The van der Waals surface area contributed by atoms with Gasteiger partial charge in [0.25, 0.3) is 0 Å². The van der Waals surface area contributed by atoms with Gasteiger partial charge in [-0.25, -0.2) is 0 Å². The van der Waals surface area contributed by atoms with Crippen LogP contribution in [0, 0.1) is 29.6 Å². The third-order valence-electron chi connectivity index (χ3n) is 5.19. The average molecular weight is 251 g/mol. The summed E-state index contributed by atoms with van der Waals surface area (Å²) < 4.78 is 0. The number of rotatable bonds is 3. The van der Waals surface area contributed by atoms with Crippen molar-refractivity contribution in [1.29, 1.82) is 0 Å². The van der Waals surface area contributed by atoms with Crippen LogP contribution < -0.4 is 5.32 Å². The van der Waals surface area contributed by atoms with Gasteiger partial charge in [-0.05, 0) is 89.0 Å². The summed E-state index contributed by atoms with van der Waals surface area (Å²) in [7, 11) is 0. The first-order valence-corrected chi connectivity index (χ1v) is 8.10. The Morgan fingerprint density at radius 3 is 2.00 bits per heavy atom. The summed E-state index contributed by atoms with van der Waals surface area (Å²) in [5.41, 5.74) is 0.285. The van der Waals surface area contributed by atoms with Gasteiger partial charge in [0.2, 0.25) is 0 Å². The molecule has 4 unspecified atom stereocenters. The van der Waals surface area contributed by atoms with Crippen LogP contribution in [0.2, 0.25) is 0 Å². The second-order valence-electron chi connectivity index (χ2n) is 8.31. The molecule has 0 spiro atoms. The second-order valence-corrected chi connectivity index (χ2v) is 8.31. The largest absolute Gasteiger partial charge is 0.312 e. The molecular weight excluding hydrogens is 218 g/mol. The molecule has 2 aliphatic rings. The van der Waals surface area contributed by atoms with Crippen LogP contribution in [0.25, 0.3) is 0 Å². The third-order valence-corrected chi connectivity index (χ3v) is 5.19. The van der Waals surface area contributed by atoms with E-state index in [0.29, 0.717) is 0 Å². The van der Waals surface area contributed by atoms with Crippen molar-refractivity contribution in [1.82, 2.24) is 5.32 Å². The molecule has 0 bridgehead atoms. The molecule has 1 nitrogen and oxygen atoms in total. The predicted octanol–water partition coefficient (Wildman–Crippen LogP) is 4.47. The maximum atomic E-state index is 3.72. The highest BCUT2D eigenvalue weighted by Gasteiger charge is 2.39. The number of nitrogens with one attached hydrogen (secondary N) is 1. The van der Waals surface area contributed by atoms with Gasteiger partial charge in [0.1, 0.15) is 0 Å². The van der Waals surface area contributed by atoms with E-state index >= 15 is 0 Å². The Hall–Kier alpha value is -0.0400.